The largest absolute Gasteiger partial charge is 0.477 e. The summed E-state index contributed by atoms with van der Waals surface area (Å²) in [5, 5.41) is 12.0. The monoisotopic (exact) mass is 502 g/mol. The highest BCUT2D eigenvalue weighted by Crippen LogP contribution is 2.33. The number of anilines is 1. The number of nitrogens with one attached hydrogen (secondary N) is 1. The molecule has 36 heavy (non-hydrogen) atoms. The van der Waals surface area contributed by atoms with Crippen molar-refractivity contribution in [2.45, 2.75) is 44.8 Å². The molecule has 2 heterocycles. The van der Waals surface area contributed by atoms with Gasteiger partial charge in [0.2, 0.25) is 11.3 Å². The van der Waals surface area contributed by atoms with Gasteiger partial charge in [-0.05, 0) is 37.6 Å². The van der Waals surface area contributed by atoms with E-state index in [1.807, 2.05) is 6.92 Å². The quantitative estimate of drug-likeness (QED) is 0.457. The second kappa shape index (κ2) is 9.65. The molecule has 8 nitrogen and oxygen atoms in total. The number of nitrogens with zero attached hydrogens (tertiary/aromatic N) is 2. The van der Waals surface area contributed by atoms with Crippen molar-refractivity contribution < 1.29 is 27.9 Å². The number of nitrogens with two attached hydrogens (primary N) is 1. The molecule has 0 radical (unpaired) electrons. The molecule has 1 aromatic heterocycles. The van der Waals surface area contributed by atoms with Crippen molar-refractivity contribution in [1.29, 1.82) is 0 Å². The van der Waals surface area contributed by atoms with Gasteiger partial charge in [0.05, 0.1) is 29.0 Å². The van der Waals surface area contributed by atoms with Crippen LogP contribution in [0, 0.1) is 17.5 Å². The number of benzene rings is 2. The van der Waals surface area contributed by atoms with E-state index in [0.717, 1.165) is 35.4 Å². The highest BCUT2D eigenvalue weighted by atomic mass is 19.1. The molecule has 4 N–H and O–H groups in total. The van der Waals surface area contributed by atoms with Gasteiger partial charge in [-0.1, -0.05) is 13.3 Å². The minimum atomic E-state index is -1.57. The summed E-state index contributed by atoms with van der Waals surface area (Å²) in [6.07, 6.45) is 2.22. The van der Waals surface area contributed by atoms with Crippen LogP contribution in [0.4, 0.5) is 18.9 Å². The van der Waals surface area contributed by atoms with Crippen LogP contribution in [-0.4, -0.2) is 46.2 Å². The minimum Gasteiger partial charge on any atom is -0.477 e. The van der Waals surface area contributed by atoms with Gasteiger partial charge in [-0.15, -0.1) is 0 Å². The summed E-state index contributed by atoms with van der Waals surface area (Å²) in [5.74, 6) is -4.49. The molecular formula is C25H25F3N4O4. The van der Waals surface area contributed by atoms with Crippen LogP contribution in [0.25, 0.3) is 16.6 Å². The van der Waals surface area contributed by atoms with E-state index in [9.17, 15) is 28.3 Å². The number of halogens is 3. The number of fused-ring (bicyclic) bond motifs is 1. The fraction of sp³-hybridized carbons (Fsp3) is 0.320. The molecule has 4 rings (SSSR count). The first-order valence-electron chi connectivity index (χ1n) is 11.4. The van der Waals surface area contributed by atoms with Crippen LogP contribution in [0.2, 0.25) is 0 Å². The lowest BCUT2D eigenvalue weighted by Gasteiger charge is -2.48. The van der Waals surface area contributed by atoms with Crippen molar-refractivity contribution in [3.05, 3.63) is 69.8 Å². The number of carboxylic acids is 1. The van der Waals surface area contributed by atoms with E-state index >= 15 is 4.39 Å². The average Bonchev–Trinajstić information content (AvgIpc) is 2.82. The van der Waals surface area contributed by atoms with Gasteiger partial charge in [-0.3, -0.25) is 9.59 Å². The Labute approximate surface area is 204 Å². The molecule has 1 fully saturated rings. The predicted octanol–water partition coefficient (Wildman–Crippen LogP) is 2.93. The van der Waals surface area contributed by atoms with Crippen molar-refractivity contribution in [2.24, 2.45) is 5.73 Å². The SMILES string of the molecule is CCC[C@H](N)C(=O)N[C@@H]1CN(c2cc3c(cc2F)c(=O)c(C(=O)O)cn3-c2ccc(F)cc2F)[C@H]1C. The maximum atomic E-state index is 15.2. The maximum absolute atomic E-state index is 15.2. The normalized spacial score (nSPS) is 18.1. The minimum absolute atomic E-state index is 0.0385. The molecule has 0 spiro atoms. The molecule has 1 saturated heterocycles. The fourth-order valence-electron chi connectivity index (χ4n) is 4.41. The number of hydrogen-bond donors (Lipinski definition) is 3. The van der Waals surface area contributed by atoms with E-state index in [0.29, 0.717) is 12.5 Å². The Morgan fingerprint density at radius 3 is 2.47 bits per heavy atom. The lowest BCUT2D eigenvalue weighted by atomic mass is 9.95. The zero-order valence-corrected chi connectivity index (χ0v) is 19.6. The van der Waals surface area contributed by atoms with Crippen LogP contribution in [0.3, 0.4) is 0 Å². The average molecular weight is 502 g/mol. The van der Waals surface area contributed by atoms with Gasteiger partial charge < -0.3 is 25.6 Å². The molecule has 1 amide bonds. The number of carbonyl (C=O) groups excluding carboxylic acids is 1. The Morgan fingerprint density at radius 2 is 1.86 bits per heavy atom. The molecule has 11 heteroatoms. The number of pyridine rings is 1. The number of aromatic carboxylic acids is 1. The Morgan fingerprint density at radius 1 is 1.17 bits per heavy atom. The van der Waals surface area contributed by atoms with Crippen molar-refractivity contribution in [3.63, 3.8) is 0 Å². The van der Waals surface area contributed by atoms with Gasteiger partial charge >= 0.3 is 5.97 Å². The molecule has 0 aliphatic carbocycles. The Hall–Kier alpha value is -3.86. The summed E-state index contributed by atoms with van der Waals surface area (Å²) in [7, 11) is 0. The summed E-state index contributed by atoms with van der Waals surface area (Å²) < 4.78 is 44.4. The van der Waals surface area contributed by atoms with Crippen molar-refractivity contribution in [2.75, 3.05) is 11.4 Å². The summed E-state index contributed by atoms with van der Waals surface area (Å²) in [6.45, 7) is 3.96. The van der Waals surface area contributed by atoms with E-state index in [1.54, 1.807) is 11.8 Å². The molecule has 1 aliphatic rings. The molecule has 3 aromatic rings. The third kappa shape index (κ3) is 4.41. The van der Waals surface area contributed by atoms with Crippen LogP contribution in [0.1, 0.15) is 37.0 Å². The molecule has 3 atom stereocenters. The van der Waals surface area contributed by atoms with Gasteiger partial charge in [0, 0.05) is 30.2 Å². The van der Waals surface area contributed by atoms with Crippen molar-refractivity contribution >= 4 is 28.5 Å². The highest BCUT2D eigenvalue weighted by Gasteiger charge is 2.38. The van der Waals surface area contributed by atoms with Gasteiger partial charge in [0.15, 0.2) is 0 Å². The number of rotatable bonds is 7. The molecule has 0 bridgehead atoms. The second-order valence-corrected chi connectivity index (χ2v) is 8.87. The Balaban J connectivity index is 1.77. The van der Waals surface area contributed by atoms with Crippen LogP contribution < -0.4 is 21.4 Å². The van der Waals surface area contributed by atoms with E-state index < -0.39 is 40.5 Å². The summed E-state index contributed by atoms with van der Waals surface area (Å²) in [4.78, 5) is 38.4. The zero-order valence-electron chi connectivity index (χ0n) is 19.6. The van der Waals surface area contributed by atoms with E-state index in [2.05, 4.69) is 5.32 Å². The Bertz CT molecular complexity index is 1420. The molecular weight excluding hydrogens is 477 g/mol. The number of hydrogen-bond acceptors (Lipinski definition) is 5. The van der Waals surface area contributed by atoms with Gasteiger partial charge in [0.1, 0.15) is 23.0 Å². The fourth-order valence-corrected chi connectivity index (χ4v) is 4.41. The Kier molecular flexibility index (Phi) is 6.77. The first-order valence-corrected chi connectivity index (χ1v) is 11.4. The molecule has 2 aromatic carbocycles. The molecule has 0 unspecified atom stereocenters. The molecule has 190 valence electrons. The molecule has 1 aliphatic heterocycles. The standard InChI is InChI=1S/C25H25F3N4O4/c1-3-4-18(29)24(34)30-19-11-31(12(19)2)22-9-21-14(8-17(22)28)23(33)15(25(35)36)10-32(21)20-6-5-13(26)7-16(20)27/h5-10,12,18-19H,3-4,11,29H2,1-2H3,(H,30,34)(H,35,36)/t12-,18-,19+/m0/s1. The first-order chi connectivity index (χ1) is 17.0. The van der Waals surface area contributed by atoms with Crippen LogP contribution in [-0.2, 0) is 4.79 Å². The number of carboxylic acid groups (broad SMARTS) is 1. The van der Waals surface area contributed by atoms with Crippen molar-refractivity contribution in [3.8, 4) is 5.69 Å². The third-order valence-corrected chi connectivity index (χ3v) is 6.51. The van der Waals surface area contributed by atoms with E-state index in [1.165, 1.54) is 6.07 Å². The predicted molar refractivity (Wildman–Crippen MR) is 128 cm³/mol. The number of carbonyl (C=O) groups is 2. The van der Waals surface area contributed by atoms with Crippen LogP contribution in [0.15, 0.2) is 41.3 Å². The maximum Gasteiger partial charge on any atom is 0.341 e. The lowest BCUT2D eigenvalue weighted by molar-refractivity contribution is -0.123. The van der Waals surface area contributed by atoms with Gasteiger partial charge in [0.25, 0.3) is 0 Å². The summed E-state index contributed by atoms with van der Waals surface area (Å²) in [5.41, 5.74) is 4.13. The van der Waals surface area contributed by atoms with Crippen LogP contribution >= 0.6 is 0 Å². The third-order valence-electron chi connectivity index (χ3n) is 6.51. The summed E-state index contributed by atoms with van der Waals surface area (Å²) >= 11 is 0. The van der Waals surface area contributed by atoms with Crippen LogP contribution in [0.5, 0.6) is 0 Å². The zero-order chi connectivity index (χ0) is 26.3. The first kappa shape index (κ1) is 25.2. The second-order valence-electron chi connectivity index (χ2n) is 8.87. The van der Waals surface area contributed by atoms with Crippen molar-refractivity contribution in [1.82, 2.24) is 9.88 Å². The van der Waals surface area contributed by atoms with Gasteiger partial charge in [-0.2, -0.15) is 0 Å². The number of amides is 1. The topological polar surface area (TPSA) is 118 Å². The number of aromatic nitrogens is 1. The highest BCUT2D eigenvalue weighted by molar-refractivity contribution is 5.94. The van der Waals surface area contributed by atoms with Gasteiger partial charge in [-0.25, -0.2) is 18.0 Å². The molecule has 0 saturated carbocycles. The summed E-state index contributed by atoms with van der Waals surface area (Å²) in [6, 6.07) is 3.68. The lowest BCUT2D eigenvalue weighted by Crippen LogP contribution is -2.67. The van der Waals surface area contributed by atoms with E-state index in [4.69, 9.17) is 5.73 Å². The smallest absolute Gasteiger partial charge is 0.341 e. The van der Waals surface area contributed by atoms with E-state index in [-0.39, 0.29) is 46.8 Å².